The highest BCUT2D eigenvalue weighted by atomic mass is 16.5. The molecule has 3 N–H and O–H groups in total. The van der Waals surface area contributed by atoms with Crippen LogP contribution in [0.3, 0.4) is 0 Å². The van der Waals surface area contributed by atoms with Crippen LogP contribution < -0.4 is 0 Å². The van der Waals surface area contributed by atoms with Gasteiger partial charge in [0.1, 0.15) is 17.6 Å². The van der Waals surface area contributed by atoms with Crippen LogP contribution in [-0.4, -0.2) is 28.5 Å². The van der Waals surface area contributed by atoms with Gasteiger partial charge in [0.2, 0.25) is 0 Å². The van der Waals surface area contributed by atoms with Crippen molar-refractivity contribution in [2.75, 3.05) is 13.2 Å². The highest BCUT2D eigenvalue weighted by molar-refractivity contribution is 5.37. The zero-order chi connectivity index (χ0) is 10.6. The summed E-state index contributed by atoms with van der Waals surface area (Å²) in [5, 5.41) is 27.4. The average Bonchev–Trinajstić information content (AvgIpc) is 2.12. The van der Waals surface area contributed by atoms with E-state index in [1.807, 2.05) is 6.92 Å². The molecule has 0 amide bonds. The zero-order valence-electron chi connectivity index (χ0n) is 7.97. The number of ether oxygens (including phenoxy) is 1. The highest BCUT2D eigenvalue weighted by Gasteiger charge is 2.11. The van der Waals surface area contributed by atoms with Crippen molar-refractivity contribution in [2.45, 2.75) is 13.0 Å². The molecule has 0 spiro atoms. The maximum absolute atomic E-state index is 9.21. The van der Waals surface area contributed by atoms with E-state index < -0.39 is 6.10 Å². The Bertz CT molecular complexity index is 278. The van der Waals surface area contributed by atoms with Gasteiger partial charge in [-0.1, -0.05) is 0 Å². The Labute approximate surface area is 82.4 Å². The molecule has 0 aromatic heterocycles. The van der Waals surface area contributed by atoms with E-state index in [1.54, 1.807) is 0 Å². The number of benzene rings is 1. The molecular weight excluding hydrogens is 184 g/mol. The Hall–Kier alpha value is -1.26. The van der Waals surface area contributed by atoms with Crippen LogP contribution in [0.1, 0.15) is 18.6 Å². The van der Waals surface area contributed by atoms with Gasteiger partial charge in [-0.3, -0.25) is 0 Å². The standard InChI is InChI=1S/C10H14O4/c1-2-14-10(6-11)7-3-8(12)5-9(13)4-7/h3-5,10-13H,2,6H2,1H3. The first-order valence-corrected chi connectivity index (χ1v) is 4.42. The number of aromatic hydroxyl groups is 2. The summed E-state index contributed by atoms with van der Waals surface area (Å²) in [5.74, 6) is -0.0868. The van der Waals surface area contributed by atoms with Crippen molar-refractivity contribution in [1.29, 1.82) is 0 Å². The van der Waals surface area contributed by atoms with Gasteiger partial charge in [0, 0.05) is 12.7 Å². The molecule has 1 atom stereocenters. The second-order valence-electron chi connectivity index (χ2n) is 2.91. The van der Waals surface area contributed by atoms with E-state index in [4.69, 9.17) is 9.84 Å². The van der Waals surface area contributed by atoms with E-state index in [0.29, 0.717) is 12.2 Å². The van der Waals surface area contributed by atoms with Crippen LogP contribution in [0.4, 0.5) is 0 Å². The molecule has 0 aliphatic rings. The van der Waals surface area contributed by atoms with Gasteiger partial charge in [0.05, 0.1) is 6.61 Å². The Morgan fingerprint density at radius 2 is 1.79 bits per heavy atom. The monoisotopic (exact) mass is 198 g/mol. The summed E-state index contributed by atoms with van der Waals surface area (Å²) >= 11 is 0. The summed E-state index contributed by atoms with van der Waals surface area (Å²) < 4.78 is 5.21. The first kappa shape index (κ1) is 10.8. The first-order valence-electron chi connectivity index (χ1n) is 4.42. The van der Waals surface area contributed by atoms with Gasteiger partial charge in [-0.05, 0) is 24.6 Å². The molecule has 4 heteroatoms. The van der Waals surface area contributed by atoms with Crippen LogP contribution in [0.2, 0.25) is 0 Å². The van der Waals surface area contributed by atoms with E-state index in [2.05, 4.69) is 0 Å². The van der Waals surface area contributed by atoms with Gasteiger partial charge in [-0.2, -0.15) is 0 Å². The second-order valence-corrected chi connectivity index (χ2v) is 2.91. The largest absolute Gasteiger partial charge is 0.508 e. The summed E-state index contributed by atoms with van der Waals surface area (Å²) in [7, 11) is 0. The highest BCUT2D eigenvalue weighted by Crippen LogP contribution is 2.26. The van der Waals surface area contributed by atoms with Gasteiger partial charge in [0.15, 0.2) is 0 Å². The fourth-order valence-corrected chi connectivity index (χ4v) is 1.26. The van der Waals surface area contributed by atoms with Crippen molar-refractivity contribution < 1.29 is 20.1 Å². The maximum Gasteiger partial charge on any atom is 0.119 e. The summed E-state index contributed by atoms with van der Waals surface area (Å²) in [6.07, 6.45) is -0.502. The summed E-state index contributed by atoms with van der Waals surface area (Å²) in [5.41, 5.74) is 0.562. The van der Waals surface area contributed by atoms with Gasteiger partial charge < -0.3 is 20.1 Å². The van der Waals surface area contributed by atoms with E-state index in [1.165, 1.54) is 18.2 Å². The van der Waals surface area contributed by atoms with Gasteiger partial charge in [-0.25, -0.2) is 0 Å². The Kier molecular flexibility index (Phi) is 3.73. The lowest BCUT2D eigenvalue weighted by molar-refractivity contribution is 0.0187. The number of phenolic OH excluding ortho intramolecular Hbond substituents is 2. The third-order valence-corrected chi connectivity index (χ3v) is 1.83. The van der Waals surface area contributed by atoms with E-state index in [9.17, 15) is 10.2 Å². The molecule has 0 aliphatic carbocycles. The predicted octanol–water partition coefficient (Wildman–Crippen LogP) is 1.17. The minimum absolute atomic E-state index is 0.0434. The molecule has 0 bridgehead atoms. The molecule has 0 heterocycles. The molecule has 0 radical (unpaired) electrons. The van der Waals surface area contributed by atoms with E-state index in [-0.39, 0.29) is 18.1 Å². The molecular formula is C10H14O4. The third kappa shape index (κ3) is 2.61. The van der Waals surface area contributed by atoms with Crippen LogP contribution in [0, 0.1) is 0 Å². The fraction of sp³-hybridized carbons (Fsp3) is 0.400. The van der Waals surface area contributed by atoms with Crippen LogP contribution >= 0.6 is 0 Å². The van der Waals surface area contributed by atoms with Crippen LogP contribution in [0.15, 0.2) is 18.2 Å². The molecule has 14 heavy (non-hydrogen) atoms. The molecule has 4 nitrogen and oxygen atoms in total. The molecule has 0 aliphatic heterocycles. The van der Waals surface area contributed by atoms with Gasteiger partial charge >= 0.3 is 0 Å². The first-order chi connectivity index (χ1) is 6.67. The minimum atomic E-state index is -0.502. The third-order valence-electron chi connectivity index (χ3n) is 1.83. The fourth-order valence-electron chi connectivity index (χ4n) is 1.26. The summed E-state index contributed by atoms with van der Waals surface area (Å²) in [6, 6.07) is 4.14. The van der Waals surface area contributed by atoms with E-state index in [0.717, 1.165) is 0 Å². The van der Waals surface area contributed by atoms with Crippen LogP contribution in [0.25, 0.3) is 0 Å². The Morgan fingerprint density at radius 1 is 1.21 bits per heavy atom. The van der Waals surface area contributed by atoms with Gasteiger partial charge in [-0.15, -0.1) is 0 Å². The normalized spacial score (nSPS) is 12.7. The smallest absolute Gasteiger partial charge is 0.119 e. The lowest BCUT2D eigenvalue weighted by atomic mass is 10.1. The minimum Gasteiger partial charge on any atom is -0.508 e. The lowest BCUT2D eigenvalue weighted by Crippen LogP contribution is -2.08. The number of aliphatic hydroxyl groups excluding tert-OH is 1. The van der Waals surface area contributed by atoms with Crippen molar-refractivity contribution in [2.24, 2.45) is 0 Å². The summed E-state index contributed by atoms with van der Waals surface area (Å²) in [6.45, 7) is 2.09. The molecule has 0 saturated heterocycles. The van der Waals surface area contributed by atoms with Crippen LogP contribution in [0.5, 0.6) is 11.5 Å². The quantitative estimate of drug-likeness (QED) is 0.679. The number of phenols is 2. The van der Waals surface area contributed by atoms with Crippen molar-refractivity contribution in [3.05, 3.63) is 23.8 Å². The van der Waals surface area contributed by atoms with Crippen molar-refractivity contribution in [1.82, 2.24) is 0 Å². The molecule has 1 rings (SSSR count). The molecule has 78 valence electrons. The van der Waals surface area contributed by atoms with Crippen molar-refractivity contribution in [3.63, 3.8) is 0 Å². The Morgan fingerprint density at radius 3 is 2.21 bits per heavy atom. The van der Waals surface area contributed by atoms with Gasteiger partial charge in [0.25, 0.3) is 0 Å². The average molecular weight is 198 g/mol. The molecule has 0 fully saturated rings. The number of hydrogen-bond acceptors (Lipinski definition) is 4. The molecule has 1 aromatic carbocycles. The molecule has 0 saturated carbocycles. The zero-order valence-corrected chi connectivity index (χ0v) is 7.97. The van der Waals surface area contributed by atoms with Crippen molar-refractivity contribution >= 4 is 0 Å². The number of hydrogen-bond donors (Lipinski definition) is 3. The molecule has 1 unspecified atom stereocenters. The topological polar surface area (TPSA) is 69.9 Å². The summed E-state index contributed by atoms with van der Waals surface area (Å²) in [4.78, 5) is 0. The van der Waals surface area contributed by atoms with Crippen LogP contribution in [-0.2, 0) is 4.74 Å². The predicted molar refractivity (Wildman–Crippen MR) is 51.2 cm³/mol. The number of aliphatic hydroxyl groups is 1. The SMILES string of the molecule is CCOC(CO)c1cc(O)cc(O)c1. The lowest BCUT2D eigenvalue weighted by Gasteiger charge is -2.14. The second kappa shape index (κ2) is 4.83. The Balaban J connectivity index is 2.91. The van der Waals surface area contributed by atoms with E-state index >= 15 is 0 Å². The number of rotatable bonds is 4. The molecule has 1 aromatic rings. The van der Waals surface area contributed by atoms with Crippen molar-refractivity contribution in [3.8, 4) is 11.5 Å². The maximum atomic E-state index is 9.21.